The van der Waals surface area contributed by atoms with Crippen LogP contribution >= 0.6 is 0 Å². The second-order valence-electron chi connectivity index (χ2n) is 24.5. The number of hydrogen-bond acceptors (Lipinski definition) is 6. The summed E-state index contributed by atoms with van der Waals surface area (Å²) in [5, 5.41) is 0. The summed E-state index contributed by atoms with van der Waals surface area (Å²) in [7, 11) is 0. The fourth-order valence-corrected chi connectivity index (χ4v) is 10.8. The van der Waals surface area contributed by atoms with Gasteiger partial charge in [-0.05, 0) is 89.9 Å². The largest absolute Gasteiger partial charge is 0.462 e. The molecule has 6 nitrogen and oxygen atoms in total. The molecule has 0 aliphatic rings. The molecule has 0 aliphatic carbocycles. The van der Waals surface area contributed by atoms with Gasteiger partial charge in [0.15, 0.2) is 6.10 Å². The highest BCUT2D eigenvalue weighted by Crippen LogP contribution is 2.18. The van der Waals surface area contributed by atoms with Gasteiger partial charge >= 0.3 is 17.9 Å². The molecule has 0 aromatic rings. The molecule has 0 heterocycles. The average molecular weight is 1160 g/mol. The van der Waals surface area contributed by atoms with Crippen LogP contribution in [0.1, 0.15) is 380 Å². The van der Waals surface area contributed by atoms with Gasteiger partial charge in [-0.25, -0.2) is 0 Å². The monoisotopic (exact) mass is 1160 g/mol. The van der Waals surface area contributed by atoms with Crippen LogP contribution in [-0.4, -0.2) is 37.2 Å². The maximum absolute atomic E-state index is 12.9. The van der Waals surface area contributed by atoms with E-state index in [0.29, 0.717) is 19.3 Å². The normalized spacial score (nSPS) is 12.5. The molecule has 83 heavy (non-hydrogen) atoms. The summed E-state index contributed by atoms with van der Waals surface area (Å²) in [5.41, 5.74) is 0. The molecule has 0 aromatic heterocycles. The van der Waals surface area contributed by atoms with Crippen LogP contribution in [0.2, 0.25) is 0 Å². The van der Waals surface area contributed by atoms with Gasteiger partial charge in [0.2, 0.25) is 0 Å². The zero-order chi connectivity index (χ0) is 59.9. The van der Waals surface area contributed by atoms with Crippen LogP contribution in [0.5, 0.6) is 0 Å². The topological polar surface area (TPSA) is 78.9 Å². The van der Waals surface area contributed by atoms with Crippen molar-refractivity contribution in [2.45, 2.75) is 386 Å². The van der Waals surface area contributed by atoms with Gasteiger partial charge in [0, 0.05) is 19.3 Å². The van der Waals surface area contributed by atoms with Crippen molar-refractivity contribution in [3.63, 3.8) is 0 Å². The van der Waals surface area contributed by atoms with E-state index in [1.807, 2.05) is 0 Å². The van der Waals surface area contributed by atoms with Crippen molar-refractivity contribution >= 4 is 17.9 Å². The molecule has 6 heteroatoms. The minimum Gasteiger partial charge on any atom is -0.462 e. The van der Waals surface area contributed by atoms with Gasteiger partial charge in [0.25, 0.3) is 0 Å². The van der Waals surface area contributed by atoms with E-state index in [1.54, 1.807) is 0 Å². The molecule has 0 bridgehead atoms. The van der Waals surface area contributed by atoms with Crippen molar-refractivity contribution in [3.8, 4) is 0 Å². The Balaban J connectivity index is 4.26. The zero-order valence-electron chi connectivity index (χ0n) is 55.5. The van der Waals surface area contributed by atoms with Crippen LogP contribution in [0, 0.1) is 0 Å². The maximum Gasteiger partial charge on any atom is 0.306 e. The Morgan fingerprint density at radius 1 is 0.253 bits per heavy atom. The highest BCUT2D eigenvalue weighted by Gasteiger charge is 2.19. The Hall–Kier alpha value is -3.15. The number of unbranched alkanes of at least 4 members (excludes halogenated alkanes) is 44. The Morgan fingerprint density at radius 3 is 0.759 bits per heavy atom. The third kappa shape index (κ3) is 69.5. The summed E-state index contributed by atoms with van der Waals surface area (Å²) in [6.45, 7) is 6.55. The molecular weight excluding hydrogens is 1020 g/mol. The summed E-state index contributed by atoms with van der Waals surface area (Å²) in [6, 6.07) is 0. The minimum absolute atomic E-state index is 0.0883. The van der Waals surface area contributed by atoms with E-state index in [9.17, 15) is 14.4 Å². The van der Waals surface area contributed by atoms with Crippen LogP contribution in [0.15, 0.2) is 72.9 Å². The number of carbonyl (C=O) groups is 3. The molecule has 0 fully saturated rings. The molecule has 0 aliphatic heterocycles. The first-order valence-electron chi connectivity index (χ1n) is 36.4. The fraction of sp³-hybridized carbons (Fsp3) is 0.805. The van der Waals surface area contributed by atoms with Crippen molar-refractivity contribution in [3.05, 3.63) is 72.9 Å². The lowest BCUT2D eigenvalue weighted by Gasteiger charge is -2.18. The van der Waals surface area contributed by atoms with Gasteiger partial charge in [-0.3, -0.25) is 14.4 Å². The molecule has 0 saturated carbocycles. The third-order valence-corrected chi connectivity index (χ3v) is 16.2. The molecule has 482 valence electrons. The van der Waals surface area contributed by atoms with E-state index >= 15 is 0 Å². The molecule has 0 rings (SSSR count). The third-order valence-electron chi connectivity index (χ3n) is 16.2. The predicted molar refractivity (Wildman–Crippen MR) is 362 cm³/mol. The Kier molecular flexibility index (Phi) is 68.6. The van der Waals surface area contributed by atoms with E-state index < -0.39 is 6.10 Å². The molecular formula is C77H138O6. The lowest BCUT2D eigenvalue weighted by Crippen LogP contribution is -2.30. The fourth-order valence-electron chi connectivity index (χ4n) is 10.8. The lowest BCUT2D eigenvalue weighted by atomic mass is 10.0. The summed E-state index contributed by atoms with van der Waals surface area (Å²) in [6.07, 6.45) is 93.8. The SMILES string of the molecule is CC/C=C\C/C=C\C/C=C\C/C=C\C/C=C\CCCCCC(=O)OC(COC(=O)CCCCCCC/C=C\CCCCCCCCC)COC(=O)CCCCCCCCCCCCCCCCCCCCCCCCCCCCCCCC. The number of ether oxygens (including phenoxy) is 3. The van der Waals surface area contributed by atoms with Gasteiger partial charge in [0.1, 0.15) is 13.2 Å². The van der Waals surface area contributed by atoms with E-state index in [0.717, 1.165) is 103 Å². The molecule has 0 spiro atoms. The first-order chi connectivity index (χ1) is 41.0. The molecule has 0 saturated heterocycles. The molecule has 0 N–H and O–H groups in total. The Bertz CT molecular complexity index is 1520. The van der Waals surface area contributed by atoms with Gasteiger partial charge in [-0.1, -0.05) is 344 Å². The van der Waals surface area contributed by atoms with Gasteiger partial charge in [-0.15, -0.1) is 0 Å². The van der Waals surface area contributed by atoms with Gasteiger partial charge in [-0.2, -0.15) is 0 Å². The van der Waals surface area contributed by atoms with E-state index in [4.69, 9.17) is 14.2 Å². The van der Waals surface area contributed by atoms with Gasteiger partial charge < -0.3 is 14.2 Å². The molecule has 0 radical (unpaired) electrons. The van der Waals surface area contributed by atoms with Crippen LogP contribution in [0.4, 0.5) is 0 Å². The molecule has 0 aromatic carbocycles. The van der Waals surface area contributed by atoms with E-state index in [-0.39, 0.29) is 31.1 Å². The van der Waals surface area contributed by atoms with E-state index in [2.05, 4.69) is 93.7 Å². The second kappa shape index (κ2) is 71.3. The zero-order valence-corrected chi connectivity index (χ0v) is 55.5. The minimum atomic E-state index is -0.797. The second-order valence-corrected chi connectivity index (χ2v) is 24.5. The standard InChI is InChI=1S/C77H138O6/c1-4-7-10-13-16-19-22-25-28-31-33-34-35-36-37-38-39-40-41-42-43-45-46-49-52-55-58-61-64-67-70-76(79)82-73-74(72-81-75(78)69-66-63-60-57-54-51-48-30-27-24-21-18-15-12-9-6-3)83-77(80)71-68-65-62-59-56-53-50-47-44-32-29-26-23-20-17-14-11-8-5-2/h8,11,17,20,26,29-30,44,47-48,53,56,74H,4-7,9-10,12-16,18-19,21-25,27-28,31-43,45-46,49-52,54-55,57-73H2,1-3H3/b11-8-,20-17-,29-26-,47-44-,48-30-,56-53-. The number of allylic oxidation sites excluding steroid dienone is 12. The predicted octanol–water partition coefficient (Wildman–Crippen LogP) is 25.2. The molecule has 1 atom stereocenters. The summed E-state index contributed by atoms with van der Waals surface area (Å²) < 4.78 is 17.0. The number of carbonyl (C=O) groups excluding carboxylic acids is 3. The summed E-state index contributed by atoms with van der Waals surface area (Å²) in [5.74, 6) is -0.908. The van der Waals surface area contributed by atoms with Crippen LogP contribution < -0.4 is 0 Å². The smallest absolute Gasteiger partial charge is 0.306 e. The highest BCUT2D eigenvalue weighted by atomic mass is 16.6. The van der Waals surface area contributed by atoms with Crippen molar-refractivity contribution < 1.29 is 28.6 Å². The average Bonchev–Trinajstić information content (AvgIpc) is 3.49. The summed E-state index contributed by atoms with van der Waals surface area (Å²) >= 11 is 0. The molecule has 0 amide bonds. The highest BCUT2D eigenvalue weighted by molar-refractivity contribution is 5.71. The Labute approximate surface area is 516 Å². The number of esters is 3. The first-order valence-corrected chi connectivity index (χ1v) is 36.4. The van der Waals surface area contributed by atoms with Crippen LogP contribution in [0.3, 0.4) is 0 Å². The number of hydrogen-bond donors (Lipinski definition) is 0. The lowest BCUT2D eigenvalue weighted by molar-refractivity contribution is -0.167. The quantitative estimate of drug-likeness (QED) is 0.0261. The van der Waals surface area contributed by atoms with Crippen molar-refractivity contribution in [2.75, 3.05) is 13.2 Å². The van der Waals surface area contributed by atoms with Crippen LogP contribution in [0.25, 0.3) is 0 Å². The first kappa shape index (κ1) is 79.8. The summed E-state index contributed by atoms with van der Waals surface area (Å²) in [4.78, 5) is 38.4. The van der Waals surface area contributed by atoms with Crippen molar-refractivity contribution in [1.29, 1.82) is 0 Å². The van der Waals surface area contributed by atoms with Crippen molar-refractivity contribution in [2.24, 2.45) is 0 Å². The van der Waals surface area contributed by atoms with E-state index in [1.165, 1.54) is 238 Å². The maximum atomic E-state index is 12.9. The Morgan fingerprint density at radius 2 is 0.470 bits per heavy atom. The molecule has 1 unspecified atom stereocenters. The van der Waals surface area contributed by atoms with Crippen LogP contribution in [-0.2, 0) is 28.6 Å². The van der Waals surface area contributed by atoms with Crippen molar-refractivity contribution in [1.82, 2.24) is 0 Å². The van der Waals surface area contributed by atoms with Gasteiger partial charge in [0.05, 0.1) is 0 Å². The number of rotatable bonds is 67.